The molecule has 284 valence electrons. The molecule has 1 unspecified atom stereocenters. The highest BCUT2D eigenvalue weighted by atomic mass is 31.2. The molecule has 2 atom stereocenters. The van der Waals surface area contributed by atoms with Gasteiger partial charge in [-0.1, -0.05) is 181 Å². The van der Waals surface area contributed by atoms with E-state index in [2.05, 4.69) is 13.8 Å². The molecule has 0 saturated heterocycles. The molecule has 0 fully saturated rings. The van der Waals surface area contributed by atoms with E-state index in [1.807, 2.05) is 21.1 Å². The van der Waals surface area contributed by atoms with Crippen LogP contribution in [0.5, 0.6) is 0 Å². The van der Waals surface area contributed by atoms with Gasteiger partial charge in [-0.25, -0.2) is 0 Å². The Hall–Kier alpha value is 0.0300. The minimum Gasteiger partial charge on any atom is -0.379 e. The topological polar surface area (TPSA) is 65.0 Å². The Kier molecular flexibility index (Phi) is 34.5. The summed E-state index contributed by atoms with van der Waals surface area (Å²) in [5.74, 6) is 0. The zero-order chi connectivity index (χ0) is 34.7. The number of hydrogen-bond donors (Lipinski definition) is 1. The predicted molar refractivity (Wildman–Crippen MR) is 205 cm³/mol. The van der Waals surface area contributed by atoms with Gasteiger partial charge in [0, 0.05) is 13.2 Å². The van der Waals surface area contributed by atoms with Gasteiger partial charge in [0.1, 0.15) is 6.10 Å². The Morgan fingerprint density at radius 2 is 0.851 bits per heavy atom. The van der Waals surface area contributed by atoms with E-state index in [0.29, 0.717) is 24.2 Å². The normalized spacial score (nSPS) is 14.1. The van der Waals surface area contributed by atoms with Gasteiger partial charge in [0.15, 0.2) is 0 Å². The van der Waals surface area contributed by atoms with Crippen LogP contribution in [0.1, 0.15) is 194 Å². The molecule has 0 aliphatic heterocycles. The van der Waals surface area contributed by atoms with E-state index in [-0.39, 0.29) is 18.9 Å². The van der Waals surface area contributed by atoms with Crippen LogP contribution in [0.3, 0.4) is 0 Å². The first-order valence-corrected chi connectivity index (χ1v) is 22.4. The van der Waals surface area contributed by atoms with Gasteiger partial charge in [0.2, 0.25) is 0 Å². The fourth-order valence-corrected chi connectivity index (χ4v) is 7.38. The second kappa shape index (κ2) is 34.5. The van der Waals surface area contributed by atoms with E-state index in [9.17, 15) is 9.46 Å². The number of unbranched alkanes of at least 4 members (excludes halogenated alkanes) is 26. The van der Waals surface area contributed by atoms with Crippen molar-refractivity contribution in [2.24, 2.45) is 0 Å². The number of nitrogens with zero attached hydrogens (tertiary/aromatic N) is 1. The van der Waals surface area contributed by atoms with Crippen LogP contribution >= 0.6 is 7.60 Å². The average Bonchev–Trinajstić information content (AvgIpc) is 3.03. The second-order valence-corrected chi connectivity index (χ2v) is 17.4. The Labute approximate surface area is 295 Å². The highest BCUT2D eigenvalue weighted by Crippen LogP contribution is 2.42. The van der Waals surface area contributed by atoms with Crippen molar-refractivity contribution < 1.29 is 27.9 Å². The van der Waals surface area contributed by atoms with Crippen molar-refractivity contribution >= 4 is 7.60 Å². The van der Waals surface area contributed by atoms with Crippen LogP contribution in [0.2, 0.25) is 0 Å². The summed E-state index contributed by atoms with van der Waals surface area (Å²) in [4.78, 5) is 10.4. The number of ether oxygens (including phenoxy) is 2. The monoisotopic (exact) mass is 691 g/mol. The predicted octanol–water partition coefficient (Wildman–Crippen LogP) is 12.3. The molecule has 0 aliphatic rings. The van der Waals surface area contributed by atoms with Crippen molar-refractivity contribution in [3.05, 3.63) is 0 Å². The summed E-state index contributed by atoms with van der Waals surface area (Å²) in [5.41, 5.74) is 0. The minimum absolute atomic E-state index is 0.113. The molecule has 0 rings (SSSR count). The third-order valence-electron chi connectivity index (χ3n) is 9.31. The van der Waals surface area contributed by atoms with E-state index in [4.69, 9.17) is 14.0 Å². The summed E-state index contributed by atoms with van der Waals surface area (Å²) in [6, 6.07) is 0. The van der Waals surface area contributed by atoms with Gasteiger partial charge in [0.05, 0.1) is 47.1 Å². The number of quaternary nitrogens is 1. The van der Waals surface area contributed by atoms with Crippen molar-refractivity contribution in [1.82, 2.24) is 0 Å². The van der Waals surface area contributed by atoms with Crippen LogP contribution in [0.25, 0.3) is 0 Å². The maximum absolute atomic E-state index is 12.6. The molecule has 0 saturated carbocycles. The molecule has 0 aromatic carbocycles. The first-order valence-electron chi connectivity index (χ1n) is 20.7. The third-order valence-corrected chi connectivity index (χ3v) is 10.6. The fourth-order valence-electron chi connectivity index (χ4n) is 5.99. The first kappa shape index (κ1) is 47.0. The van der Waals surface area contributed by atoms with Gasteiger partial charge in [-0.3, -0.25) is 4.57 Å². The summed E-state index contributed by atoms with van der Waals surface area (Å²) in [6.45, 7) is 7.06. The zero-order valence-corrected chi connectivity index (χ0v) is 33.5. The molecule has 0 spiro atoms. The van der Waals surface area contributed by atoms with E-state index in [1.165, 1.54) is 167 Å². The van der Waals surface area contributed by atoms with Crippen LogP contribution in [-0.2, 0) is 18.6 Å². The second-order valence-electron chi connectivity index (χ2n) is 15.4. The maximum atomic E-state index is 12.6. The Balaban J connectivity index is 4.04. The molecule has 0 aromatic rings. The van der Waals surface area contributed by atoms with E-state index in [1.54, 1.807) is 0 Å². The van der Waals surface area contributed by atoms with Crippen molar-refractivity contribution in [1.29, 1.82) is 0 Å². The van der Waals surface area contributed by atoms with Gasteiger partial charge in [-0.05, 0) is 12.8 Å². The summed E-state index contributed by atoms with van der Waals surface area (Å²) in [6.07, 6.45) is 37.4. The van der Waals surface area contributed by atoms with Crippen molar-refractivity contribution in [2.45, 2.75) is 200 Å². The molecule has 0 aliphatic carbocycles. The number of hydrogen-bond acceptors (Lipinski definition) is 4. The van der Waals surface area contributed by atoms with Crippen LogP contribution in [-0.4, -0.2) is 75.8 Å². The van der Waals surface area contributed by atoms with Crippen molar-refractivity contribution in [3.8, 4) is 0 Å². The molecule has 0 heterocycles. The molecule has 0 radical (unpaired) electrons. The molecule has 0 bridgehead atoms. The Morgan fingerprint density at radius 3 is 1.21 bits per heavy atom. The molecular weight excluding hydrogens is 605 g/mol. The van der Waals surface area contributed by atoms with Gasteiger partial charge >= 0.3 is 7.60 Å². The van der Waals surface area contributed by atoms with Gasteiger partial charge in [-0.2, -0.15) is 0 Å². The quantitative estimate of drug-likeness (QED) is 0.0395. The standard InChI is InChI=1S/C40H84NO5P/c1-6-8-10-12-14-16-18-20-22-24-26-28-30-32-35-44-38-40(39-46-47(42,43)37-34-41(3,4)5)45-36-33-31-29-27-25-23-21-19-17-15-13-11-9-7-2/h40H,6-39H2,1-5H3/p+1/t40-/m1/s1. The van der Waals surface area contributed by atoms with Crippen molar-refractivity contribution in [2.75, 3.05) is 60.3 Å². The van der Waals surface area contributed by atoms with E-state index < -0.39 is 7.60 Å². The lowest BCUT2D eigenvalue weighted by Gasteiger charge is -2.25. The average molecular weight is 691 g/mol. The molecule has 0 aromatic heterocycles. The Bertz CT molecular complexity index is 671. The van der Waals surface area contributed by atoms with Gasteiger partial charge < -0.3 is 23.4 Å². The lowest BCUT2D eigenvalue weighted by atomic mass is 10.0. The largest absolute Gasteiger partial charge is 0.379 e. The van der Waals surface area contributed by atoms with Crippen molar-refractivity contribution in [3.63, 3.8) is 0 Å². The Morgan fingerprint density at radius 1 is 0.511 bits per heavy atom. The lowest BCUT2D eigenvalue weighted by Crippen LogP contribution is -2.37. The van der Waals surface area contributed by atoms with E-state index in [0.717, 1.165) is 19.4 Å². The lowest BCUT2D eigenvalue weighted by molar-refractivity contribution is -0.867. The fraction of sp³-hybridized carbons (Fsp3) is 1.00. The zero-order valence-electron chi connectivity index (χ0n) is 32.6. The van der Waals surface area contributed by atoms with Crippen LogP contribution < -0.4 is 0 Å². The SMILES string of the molecule is CCCCCCCCCCCCCCCCOC[C@H](COP(=O)(O)CC[N+](C)(C)C)OCCCCCCCCCCCCCCCC. The molecule has 0 amide bonds. The summed E-state index contributed by atoms with van der Waals surface area (Å²) < 4.78 is 30.9. The molecule has 1 N–H and O–H groups in total. The highest BCUT2D eigenvalue weighted by molar-refractivity contribution is 7.52. The smallest absolute Gasteiger partial charge is 0.333 e. The molecular formula is C40H85NO5P+. The molecule has 47 heavy (non-hydrogen) atoms. The van der Waals surface area contributed by atoms with Gasteiger partial charge in [-0.15, -0.1) is 0 Å². The maximum Gasteiger partial charge on any atom is 0.333 e. The summed E-state index contributed by atoms with van der Waals surface area (Å²) in [7, 11) is 2.42. The van der Waals surface area contributed by atoms with Crippen LogP contribution in [0, 0.1) is 0 Å². The van der Waals surface area contributed by atoms with Gasteiger partial charge in [0.25, 0.3) is 0 Å². The van der Waals surface area contributed by atoms with E-state index >= 15 is 0 Å². The molecule has 6 nitrogen and oxygen atoms in total. The summed E-state index contributed by atoms with van der Waals surface area (Å²) >= 11 is 0. The van der Waals surface area contributed by atoms with Crippen LogP contribution in [0.15, 0.2) is 0 Å². The highest BCUT2D eigenvalue weighted by Gasteiger charge is 2.25. The van der Waals surface area contributed by atoms with Crippen LogP contribution in [0.4, 0.5) is 0 Å². The third kappa shape index (κ3) is 38.7. The number of rotatable bonds is 39. The first-order chi connectivity index (χ1) is 22.7. The molecule has 7 heteroatoms. The summed E-state index contributed by atoms with van der Waals surface area (Å²) in [5, 5.41) is 0. The minimum atomic E-state index is -3.64.